The highest BCUT2D eigenvalue weighted by molar-refractivity contribution is 7.87. The van der Waals surface area contributed by atoms with Gasteiger partial charge in [-0.05, 0) is 19.3 Å². The molecule has 8 nitrogen and oxygen atoms in total. The molecule has 1 aliphatic heterocycles. The summed E-state index contributed by atoms with van der Waals surface area (Å²) in [6.45, 7) is -0.248. The van der Waals surface area contributed by atoms with Crippen LogP contribution in [0.2, 0.25) is 0 Å². The summed E-state index contributed by atoms with van der Waals surface area (Å²) in [5, 5.41) is 11.3. The molecule has 0 aromatic carbocycles. The number of carbonyl (C=O) groups is 2. The SMILES string of the molecule is CNC(=O)CNS(=O)(=O)N1CCCCC1C(=O)O. The van der Waals surface area contributed by atoms with Crippen LogP contribution in [0.1, 0.15) is 19.3 Å². The summed E-state index contributed by atoms with van der Waals surface area (Å²) in [5.74, 6) is -1.65. The number of hydrogen-bond acceptors (Lipinski definition) is 4. The molecular weight excluding hydrogens is 262 g/mol. The summed E-state index contributed by atoms with van der Waals surface area (Å²) in [4.78, 5) is 22.0. The molecule has 1 aliphatic rings. The average Bonchev–Trinajstić information content (AvgIpc) is 2.36. The Kier molecular flexibility index (Phi) is 5.05. The lowest BCUT2D eigenvalue weighted by Gasteiger charge is -2.31. The minimum atomic E-state index is -3.94. The number of hydrogen-bond donors (Lipinski definition) is 3. The van der Waals surface area contributed by atoms with Crippen LogP contribution in [-0.4, -0.2) is 55.9 Å². The van der Waals surface area contributed by atoms with Gasteiger partial charge < -0.3 is 10.4 Å². The number of rotatable bonds is 5. The molecule has 1 saturated heterocycles. The van der Waals surface area contributed by atoms with Crippen molar-refractivity contribution in [3.63, 3.8) is 0 Å². The molecule has 1 unspecified atom stereocenters. The van der Waals surface area contributed by atoms with Crippen LogP contribution in [0.25, 0.3) is 0 Å². The van der Waals surface area contributed by atoms with Gasteiger partial charge in [-0.2, -0.15) is 17.4 Å². The predicted octanol–water partition coefficient (Wildman–Crippen LogP) is -1.49. The lowest BCUT2D eigenvalue weighted by Crippen LogP contribution is -2.53. The van der Waals surface area contributed by atoms with Crippen molar-refractivity contribution in [1.82, 2.24) is 14.3 Å². The van der Waals surface area contributed by atoms with Crippen molar-refractivity contribution in [1.29, 1.82) is 0 Å². The van der Waals surface area contributed by atoms with Gasteiger partial charge in [0.25, 0.3) is 10.2 Å². The summed E-state index contributed by atoms with van der Waals surface area (Å²) < 4.78 is 26.8. The standard InChI is InChI=1S/C9H17N3O5S/c1-10-8(13)6-11-18(16,17)12-5-3-2-4-7(12)9(14)15/h7,11H,2-6H2,1H3,(H,10,13)(H,14,15). The summed E-state index contributed by atoms with van der Waals surface area (Å²) in [5.41, 5.74) is 0. The third-order valence-corrected chi connectivity index (χ3v) is 4.31. The lowest BCUT2D eigenvalue weighted by molar-refractivity contribution is -0.142. The van der Waals surface area contributed by atoms with Gasteiger partial charge in [-0.1, -0.05) is 0 Å². The van der Waals surface area contributed by atoms with E-state index in [0.29, 0.717) is 12.8 Å². The fraction of sp³-hybridized carbons (Fsp3) is 0.778. The number of amides is 1. The molecule has 0 radical (unpaired) electrons. The van der Waals surface area contributed by atoms with Gasteiger partial charge in [0.1, 0.15) is 6.04 Å². The van der Waals surface area contributed by atoms with Gasteiger partial charge in [0.15, 0.2) is 0 Å². The van der Waals surface area contributed by atoms with Crippen molar-refractivity contribution in [3.05, 3.63) is 0 Å². The largest absolute Gasteiger partial charge is 0.480 e. The molecule has 0 aliphatic carbocycles. The molecule has 0 aromatic rings. The molecule has 0 saturated carbocycles. The van der Waals surface area contributed by atoms with E-state index in [2.05, 4.69) is 10.0 Å². The first kappa shape index (κ1) is 14.9. The summed E-state index contributed by atoms with van der Waals surface area (Å²) >= 11 is 0. The van der Waals surface area contributed by atoms with E-state index in [9.17, 15) is 18.0 Å². The predicted molar refractivity (Wildman–Crippen MR) is 63.0 cm³/mol. The third kappa shape index (κ3) is 3.65. The zero-order valence-corrected chi connectivity index (χ0v) is 10.9. The van der Waals surface area contributed by atoms with Crippen LogP contribution in [0.5, 0.6) is 0 Å². The first-order valence-electron chi connectivity index (χ1n) is 5.58. The van der Waals surface area contributed by atoms with E-state index in [1.807, 2.05) is 0 Å². The van der Waals surface area contributed by atoms with Crippen molar-refractivity contribution in [2.45, 2.75) is 25.3 Å². The van der Waals surface area contributed by atoms with Crippen LogP contribution in [0.3, 0.4) is 0 Å². The molecule has 0 bridgehead atoms. The number of piperidine rings is 1. The molecule has 0 aromatic heterocycles. The van der Waals surface area contributed by atoms with Crippen LogP contribution in [-0.2, 0) is 19.8 Å². The summed E-state index contributed by atoms with van der Waals surface area (Å²) in [6, 6.07) is -1.05. The zero-order valence-electron chi connectivity index (χ0n) is 10.0. The zero-order chi connectivity index (χ0) is 13.8. The van der Waals surface area contributed by atoms with Gasteiger partial charge >= 0.3 is 5.97 Å². The minimum Gasteiger partial charge on any atom is -0.480 e. The van der Waals surface area contributed by atoms with Crippen LogP contribution < -0.4 is 10.0 Å². The van der Waals surface area contributed by atoms with Crippen LogP contribution >= 0.6 is 0 Å². The molecule has 1 heterocycles. The van der Waals surface area contributed by atoms with E-state index in [1.165, 1.54) is 7.05 Å². The van der Waals surface area contributed by atoms with E-state index in [4.69, 9.17) is 5.11 Å². The maximum Gasteiger partial charge on any atom is 0.322 e. The topological polar surface area (TPSA) is 116 Å². The van der Waals surface area contributed by atoms with Crippen molar-refractivity contribution in [2.75, 3.05) is 20.1 Å². The van der Waals surface area contributed by atoms with Crippen LogP contribution in [0.15, 0.2) is 0 Å². The van der Waals surface area contributed by atoms with Crippen molar-refractivity contribution in [2.24, 2.45) is 0 Å². The Hall–Kier alpha value is -1.19. The third-order valence-electron chi connectivity index (χ3n) is 2.74. The second-order valence-electron chi connectivity index (χ2n) is 3.96. The normalized spacial score (nSPS) is 21.5. The number of nitrogens with one attached hydrogen (secondary N) is 2. The number of aliphatic carboxylic acids is 1. The van der Waals surface area contributed by atoms with Crippen molar-refractivity contribution in [3.8, 4) is 0 Å². The Morgan fingerprint density at radius 3 is 2.61 bits per heavy atom. The highest BCUT2D eigenvalue weighted by Gasteiger charge is 2.36. The van der Waals surface area contributed by atoms with Gasteiger partial charge in [0.05, 0.1) is 6.54 Å². The maximum absolute atomic E-state index is 11.9. The molecule has 1 rings (SSSR count). The molecule has 18 heavy (non-hydrogen) atoms. The first-order chi connectivity index (χ1) is 8.38. The van der Waals surface area contributed by atoms with Gasteiger partial charge in [-0.15, -0.1) is 0 Å². The molecule has 3 N–H and O–H groups in total. The van der Waals surface area contributed by atoms with E-state index in [0.717, 1.165) is 4.31 Å². The molecule has 1 fully saturated rings. The fourth-order valence-corrected chi connectivity index (χ4v) is 3.15. The molecule has 1 amide bonds. The lowest BCUT2D eigenvalue weighted by atomic mass is 10.1. The maximum atomic E-state index is 11.9. The van der Waals surface area contributed by atoms with E-state index >= 15 is 0 Å². The minimum absolute atomic E-state index is 0.153. The monoisotopic (exact) mass is 279 g/mol. The Morgan fingerprint density at radius 1 is 1.39 bits per heavy atom. The van der Waals surface area contributed by atoms with E-state index < -0.39 is 34.7 Å². The number of likely N-dealkylation sites (N-methyl/N-ethyl adjacent to an activating group) is 1. The fourth-order valence-electron chi connectivity index (χ4n) is 1.77. The van der Waals surface area contributed by atoms with Crippen LogP contribution in [0, 0.1) is 0 Å². The molecule has 0 spiro atoms. The van der Waals surface area contributed by atoms with Crippen molar-refractivity contribution >= 4 is 22.1 Å². The van der Waals surface area contributed by atoms with Crippen LogP contribution in [0.4, 0.5) is 0 Å². The molecule has 1 atom stereocenters. The van der Waals surface area contributed by atoms with E-state index in [1.54, 1.807) is 0 Å². The number of nitrogens with zero attached hydrogens (tertiary/aromatic N) is 1. The Morgan fingerprint density at radius 2 is 2.06 bits per heavy atom. The highest BCUT2D eigenvalue weighted by atomic mass is 32.2. The molecule has 104 valence electrons. The molecule has 9 heteroatoms. The highest BCUT2D eigenvalue weighted by Crippen LogP contribution is 2.19. The van der Waals surface area contributed by atoms with E-state index in [-0.39, 0.29) is 13.0 Å². The second-order valence-corrected chi connectivity index (χ2v) is 5.67. The second kappa shape index (κ2) is 6.12. The molecular formula is C9H17N3O5S. The Bertz CT molecular complexity index is 422. The van der Waals surface area contributed by atoms with Gasteiger partial charge in [0.2, 0.25) is 5.91 Å². The van der Waals surface area contributed by atoms with Gasteiger partial charge in [-0.25, -0.2) is 0 Å². The number of carbonyl (C=O) groups excluding carboxylic acids is 1. The average molecular weight is 279 g/mol. The summed E-state index contributed by atoms with van der Waals surface area (Å²) in [6.07, 6.45) is 1.58. The summed E-state index contributed by atoms with van der Waals surface area (Å²) in [7, 11) is -2.55. The number of carboxylic acids is 1. The Balaban J connectivity index is 2.75. The van der Waals surface area contributed by atoms with Crippen molar-refractivity contribution < 1.29 is 23.1 Å². The van der Waals surface area contributed by atoms with Gasteiger partial charge in [0, 0.05) is 13.6 Å². The Labute approximate surface area is 106 Å². The first-order valence-corrected chi connectivity index (χ1v) is 7.02. The van der Waals surface area contributed by atoms with Gasteiger partial charge in [-0.3, -0.25) is 9.59 Å². The smallest absolute Gasteiger partial charge is 0.322 e. The number of carboxylic acid groups (broad SMARTS) is 1. The quantitative estimate of drug-likeness (QED) is 0.567.